The van der Waals surface area contributed by atoms with Gasteiger partial charge in [-0.25, -0.2) is 4.79 Å². The van der Waals surface area contributed by atoms with Crippen LogP contribution in [0.5, 0.6) is 0 Å². The molecule has 0 fully saturated rings. The maximum Gasteiger partial charge on any atom is 0.407 e. The molecule has 1 aromatic carbocycles. The zero-order chi connectivity index (χ0) is 15.9. The van der Waals surface area contributed by atoms with Gasteiger partial charge in [-0.2, -0.15) is 0 Å². The zero-order valence-electron chi connectivity index (χ0n) is 12.6. The van der Waals surface area contributed by atoms with Crippen molar-refractivity contribution in [2.24, 2.45) is 0 Å². The minimum atomic E-state index is -0.455. The molecule has 0 spiro atoms. The normalized spacial score (nSPS) is 11.3. The molecule has 0 aliphatic heterocycles. The van der Waals surface area contributed by atoms with E-state index >= 15 is 0 Å². The van der Waals surface area contributed by atoms with Gasteiger partial charge in [-0.1, -0.05) is 17.7 Å². The highest BCUT2D eigenvalue weighted by Crippen LogP contribution is 2.22. The summed E-state index contributed by atoms with van der Waals surface area (Å²) in [7, 11) is 0. The first-order valence-corrected chi connectivity index (χ1v) is 8.06. The number of carbonyl (C=O) groups is 1. The molecule has 0 radical (unpaired) electrons. The summed E-state index contributed by atoms with van der Waals surface area (Å²) in [6, 6.07) is 5.88. The van der Waals surface area contributed by atoms with E-state index in [1.54, 1.807) is 0 Å². The number of nitrogens with one attached hydrogen (secondary N) is 2. The second-order valence-electron chi connectivity index (χ2n) is 5.71. The van der Waals surface area contributed by atoms with Crippen LogP contribution in [0.1, 0.15) is 32.8 Å². The van der Waals surface area contributed by atoms with Crippen molar-refractivity contribution in [1.82, 2.24) is 10.6 Å². The third-order valence-corrected chi connectivity index (χ3v) is 3.74. The molecule has 1 rings (SSSR count). The molecule has 2 N–H and O–H groups in total. The molecular weight excluding hydrogens is 356 g/mol. The number of ether oxygens (including phenoxy) is 1. The molecule has 0 unspecified atom stereocenters. The van der Waals surface area contributed by atoms with Gasteiger partial charge in [0.15, 0.2) is 0 Å². The largest absolute Gasteiger partial charge is 0.444 e. The van der Waals surface area contributed by atoms with Crippen molar-refractivity contribution in [3.63, 3.8) is 0 Å². The predicted octanol–water partition coefficient (Wildman–Crippen LogP) is 4.11. The van der Waals surface area contributed by atoms with Gasteiger partial charge in [0, 0.05) is 17.6 Å². The van der Waals surface area contributed by atoms with Gasteiger partial charge in [0.05, 0.1) is 5.02 Å². The zero-order valence-corrected chi connectivity index (χ0v) is 15.0. The Morgan fingerprint density at radius 3 is 2.67 bits per heavy atom. The molecule has 0 heterocycles. The molecule has 0 aliphatic rings. The second kappa shape index (κ2) is 8.61. The van der Waals surface area contributed by atoms with Crippen molar-refractivity contribution in [2.75, 3.05) is 13.1 Å². The molecule has 0 saturated carbocycles. The van der Waals surface area contributed by atoms with E-state index in [2.05, 4.69) is 26.6 Å². The van der Waals surface area contributed by atoms with Crippen molar-refractivity contribution in [3.05, 3.63) is 33.3 Å². The van der Waals surface area contributed by atoms with E-state index in [0.717, 1.165) is 29.5 Å². The molecular formula is C15H22BrClN2O2. The minimum Gasteiger partial charge on any atom is -0.444 e. The Balaban J connectivity index is 2.12. The average molecular weight is 378 g/mol. The number of rotatable bonds is 6. The number of alkyl carbamates (subject to hydrolysis) is 1. The smallest absolute Gasteiger partial charge is 0.407 e. The van der Waals surface area contributed by atoms with Crippen LogP contribution in [0, 0.1) is 0 Å². The summed E-state index contributed by atoms with van der Waals surface area (Å²) in [6.45, 7) is 7.68. The third kappa shape index (κ3) is 8.29. The van der Waals surface area contributed by atoms with Crippen LogP contribution in [0.3, 0.4) is 0 Å². The second-order valence-corrected chi connectivity index (χ2v) is 6.97. The summed E-state index contributed by atoms with van der Waals surface area (Å²) in [5, 5.41) is 6.74. The van der Waals surface area contributed by atoms with Gasteiger partial charge in [-0.15, -0.1) is 0 Å². The number of carbonyl (C=O) groups excluding carboxylic acids is 1. The molecule has 1 amide bonds. The first kappa shape index (κ1) is 18.3. The van der Waals surface area contributed by atoms with E-state index in [0.29, 0.717) is 11.6 Å². The van der Waals surface area contributed by atoms with Crippen molar-refractivity contribution < 1.29 is 9.53 Å². The molecule has 0 aliphatic carbocycles. The molecule has 118 valence electrons. The fourth-order valence-corrected chi connectivity index (χ4v) is 2.05. The number of benzene rings is 1. The predicted molar refractivity (Wildman–Crippen MR) is 89.7 cm³/mol. The van der Waals surface area contributed by atoms with Crippen LogP contribution in [0.2, 0.25) is 5.02 Å². The van der Waals surface area contributed by atoms with E-state index in [-0.39, 0.29) is 6.09 Å². The molecule has 0 saturated heterocycles. The first-order valence-electron chi connectivity index (χ1n) is 6.89. The lowest BCUT2D eigenvalue weighted by atomic mass is 10.2. The highest BCUT2D eigenvalue weighted by atomic mass is 79.9. The number of hydrogen-bond donors (Lipinski definition) is 2. The lowest BCUT2D eigenvalue weighted by Gasteiger charge is -2.19. The summed E-state index contributed by atoms with van der Waals surface area (Å²) in [5.41, 5.74) is 0.673. The standard InChI is InChI=1S/C15H22BrClN2O2/c1-15(2,3)21-14(20)19-8-4-7-18-10-11-5-6-12(16)13(17)9-11/h5-6,9,18H,4,7-8,10H2,1-3H3,(H,19,20). The monoisotopic (exact) mass is 376 g/mol. The molecule has 0 aromatic heterocycles. The fourth-order valence-electron chi connectivity index (χ4n) is 1.60. The summed E-state index contributed by atoms with van der Waals surface area (Å²) in [4.78, 5) is 11.4. The molecule has 4 nitrogen and oxygen atoms in total. The van der Waals surface area contributed by atoms with E-state index in [1.165, 1.54) is 0 Å². The Morgan fingerprint density at radius 1 is 1.33 bits per heavy atom. The lowest BCUT2D eigenvalue weighted by molar-refractivity contribution is 0.0527. The minimum absolute atomic E-state index is 0.373. The van der Waals surface area contributed by atoms with Gasteiger partial charge >= 0.3 is 6.09 Å². The Bertz CT molecular complexity index is 475. The highest BCUT2D eigenvalue weighted by molar-refractivity contribution is 9.10. The van der Waals surface area contributed by atoms with Crippen molar-refractivity contribution in [1.29, 1.82) is 0 Å². The van der Waals surface area contributed by atoms with Crippen LogP contribution in [0.25, 0.3) is 0 Å². The number of amides is 1. The van der Waals surface area contributed by atoms with Crippen molar-refractivity contribution >= 4 is 33.6 Å². The topological polar surface area (TPSA) is 50.4 Å². The molecule has 0 bridgehead atoms. The number of halogens is 2. The summed E-state index contributed by atoms with van der Waals surface area (Å²) in [5.74, 6) is 0. The lowest BCUT2D eigenvalue weighted by Crippen LogP contribution is -2.33. The van der Waals surface area contributed by atoms with Gasteiger partial charge in [0.25, 0.3) is 0 Å². The van der Waals surface area contributed by atoms with Crippen LogP contribution >= 0.6 is 27.5 Å². The third-order valence-electron chi connectivity index (χ3n) is 2.51. The van der Waals surface area contributed by atoms with Crippen molar-refractivity contribution in [3.8, 4) is 0 Å². The van der Waals surface area contributed by atoms with Crippen LogP contribution in [0.15, 0.2) is 22.7 Å². The SMILES string of the molecule is CC(C)(C)OC(=O)NCCCNCc1ccc(Br)c(Cl)c1. The van der Waals surface area contributed by atoms with Gasteiger partial charge in [-0.05, 0) is 67.4 Å². The maximum atomic E-state index is 11.4. The molecule has 0 atom stereocenters. The van der Waals surface area contributed by atoms with E-state index in [1.807, 2.05) is 39.0 Å². The molecule has 6 heteroatoms. The van der Waals surface area contributed by atoms with E-state index in [9.17, 15) is 4.79 Å². The molecule has 1 aromatic rings. The Morgan fingerprint density at radius 2 is 2.05 bits per heavy atom. The Labute approximate surface area is 139 Å². The molecule has 21 heavy (non-hydrogen) atoms. The van der Waals surface area contributed by atoms with E-state index < -0.39 is 5.60 Å². The van der Waals surface area contributed by atoms with Crippen LogP contribution in [-0.4, -0.2) is 24.8 Å². The van der Waals surface area contributed by atoms with Crippen LogP contribution in [-0.2, 0) is 11.3 Å². The average Bonchev–Trinajstić information content (AvgIpc) is 2.35. The quantitative estimate of drug-likeness (QED) is 0.734. The highest BCUT2D eigenvalue weighted by Gasteiger charge is 2.15. The fraction of sp³-hybridized carbons (Fsp3) is 0.533. The van der Waals surface area contributed by atoms with Gasteiger partial charge in [0.2, 0.25) is 0 Å². The van der Waals surface area contributed by atoms with E-state index in [4.69, 9.17) is 16.3 Å². The van der Waals surface area contributed by atoms with Gasteiger partial charge in [0.1, 0.15) is 5.60 Å². The van der Waals surface area contributed by atoms with Crippen molar-refractivity contribution in [2.45, 2.75) is 39.3 Å². The summed E-state index contributed by atoms with van der Waals surface area (Å²) >= 11 is 9.39. The first-order chi connectivity index (χ1) is 9.78. The Kier molecular flexibility index (Phi) is 7.49. The van der Waals surface area contributed by atoms with Crippen LogP contribution in [0.4, 0.5) is 4.79 Å². The maximum absolute atomic E-state index is 11.4. The number of hydrogen-bond acceptors (Lipinski definition) is 3. The summed E-state index contributed by atoms with van der Waals surface area (Å²) < 4.78 is 6.05. The van der Waals surface area contributed by atoms with Gasteiger partial charge < -0.3 is 15.4 Å². The summed E-state index contributed by atoms with van der Waals surface area (Å²) in [6.07, 6.45) is 0.464. The van der Waals surface area contributed by atoms with Crippen LogP contribution < -0.4 is 10.6 Å². The van der Waals surface area contributed by atoms with Gasteiger partial charge in [-0.3, -0.25) is 0 Å². The Hall–Kier alpha value is -0.780.